The molecule has 0 spiro atoms. The van der Waals surface area contributed by atoms with Gasteiger partial charge in [-0.15, -0.1) is 0 Å². The lowest BCUT2D eigenvalue weighted by Crippen LogP contribution is -2.42. The molecule has 0 bridgehead atoms. The number of piperidine rings is 1. The normalized spacial score (nSPS) is 23.9. The molecule has 18 heavy (non-hydrogen) atoms. The van der Waals surface area contributed by atoms with E-state index in [4.69, 9.17) is 0 Å². The molecule has 1 aromatic rings. The highest BCUT2D eigenvalue weighted by Gasteiger charge is 2.22. The third kappa shape index (κ3) is 2.90. The maximum absolute atomic E-state index is 12.0. The van der Waals surface area contributed by atoms with Gasteiger partial charge in [-0.05, 0) is 44.3 Å². The van der Waals surface area contributed by atoms with E-state index in [0.717, 1.165) is 25.3 Å². The number of nitrogens with one attached hydrogen (secondary N) is 2. The maximum atomic E-state index is 12.0. The van der Waals surface area contributed by atoms with Crippen LogP contribution in [-0.2, 0) is 7.05 Å². The molecule has 1 aliphatic rings. The monoisotopic (exact) mass is 250 g/mol. The topological polar surface area (TPSA) is 59.0 Å². The third-order valence-electron chi connectivity index (χ3n) is 3.75. The van der Waals surface area contributed by atoms with Crippen LogP contribution in [0.1, 0.15) is 29.5 Å². The Balaban J connectivity index is 1.90. The van der Waals surface area contributed by atoms with Gasteiger partial charge < -0.3 is 10.6 Å². The first kappa shape index (κ1) is 13.1. The van der Waals surface area contributed by atoms with E-state index < -0.39 is 0 Å². The molecule has 100 valence electrons. The first-order valence-corrected chi connectivity index (χ1v) is 6.57. The Bertz CT molecular complexity index is 427. The standard InChI is InChI=1S/C13H22N4O/c1-9-4-5-14-7-11(9)8-15-13(18)12-6-10(2)16-17(12)3/h6,9,11,14H,4-5,7-8H2,1-3H3,(H,15,18). The van der Waals surface area contributed by atoms with Crippen LogP contribution < -0.4 is 10.6 Å². The van der Waals surface area contributed by atoms with E-state index in [0.29, 0.717) is 17.5 Å². The van der Waals surface area contributed by atoms with Crippen LogP contribution in [0, 0.1) is 18.8 Å². The molecule has 0 aliphatic carbocycles. The predicted octanol–water partition coefficient (Wildman–Crippen LogP) is 0.704. The van der Waals surface area contributed by atoms with E-state index in [-0.39, 0.29) is 5.91 Å². The zero-order chi connectivity index (χ0) is 13.1. The van der Waals surface area contributed by atoms with Crippen LogP contribution in [-0.4, -0.2) is 35.3 Å². The van der Waals surface area contributed by atoms with E-state index in [1.165, 1.54) is 6.42 Å². The molecule has 2 atom stereocenters. The molecule has 5 nitrogen and oxygen atoms in total. The van der Waals surface area contributed by atoms with Gasteiger partial charge in [0.2, 0.25) is 0 Å². The second-order valence-corrected chi connectivity index (χ2v) is 5.23. The van der Waals surface area contributed by atoms with Gasteiger partial charge in [0, 0.05) is 13.6 Å². The molecule has 2 rings (SSSR count). The Hall–Kier alpha value is -1.36. The van der Waals surface area contributed by atoms with Crippen LogP contribution in [0.4, 0.5) is 0 Å². The van der Waals surface area contributed by atoms with Gasteiger partial charge in [0.1, 0.15) is 5.69 Å². The van der Waals surface area contributed by atoms with Crippen molar-refractivity contribution >= 4 is 5.91 Å². The molecule has 1 saturated heterocycles. The van der Waals surface area contributed by atoms with Crippen LogP contribution in [0.25, 0.3) is 0 Å². The Labute approximate surface area is 108 Å². The first-order valence-electron chi connectivity index (χ1n) is 6.57. The second-order valence-electron chi connectivity index (χ2n) is 5.23. The van der Waals surface area contributed by atoms with E-state index in [2.05, 4.69) is 22.7 Å². The number of amides is 1. The van der Waals surface area contributed by atoms with Crippen LogP contribution in [0.2, 0.25) is 0 Å². The summed E-state index contributed by atoms with van der Waals surface area (Å²) in [5.41, 5.74) is 1.50. The van der Waals surface area contributed by atoms with E-state index in [9.17, 15) is 4.79 Å². The van der Waals surface area contributed by atoms with Gasteiger partial charge >= 0.3 is 0 Å². The van der Waals surface area contributed by atoms with Gasteiger partial charge in [0.25, 0.3) is 5.91 Å². The summed E-state index contributed by atoms with van der Waals surface area (Å²) in [6, 6.07) is 1.82. The van der Waals surface area contributed by atoms with Gasteiger partial charge in [0.15, 0.2) is 0 Å². The molecule has 2 unspecified atom stereocenters. The summed E-state index contributed by atoms with van der Waals surface area (Å²) in [6.45, 7) is 6.96. The molecular weight excluding hydrogens is 228 g/mol. The van der Waals surface area contributed by atoms with Crippen LogP contribution in [0.3, 0.4) is 0 Å². The zero-order valence-corrected chi connectivity index (χ0v) is 11.4. The number of aryl methyl sites for hydroxylation is 2. The molecular formula is C13H22N4O. The van der Waals surface area contributed by atoms with Crippen LogP contribution >= 0.6 is 0 Å². The summed E-state index contributed by atoms with van der Waals surface area (Å²) >= 11 is 0. The first-order chi connectivity index (χ1) is 8.58. The van der Waals surface area contributed by atoms with Crippen molar-refractivity contribution in [3.05, 3.63) is 17.5 Å². The lowest BCUT2D eigenvalue weighted by molar-refractivity contribution is 0.0929. The average Bonchev–Trinajstić information content (AvgIpc) is 2.67. The summed E-state index contributed by atoms with van der Waals surface area (Å²) < 4.78 is 1.63. The van der Waals surface area contributed by atoms with Crippen molar-refractivity contribution in [3.8, 4) is 0 Å². The Morgan fingerprint density at radius 2 is 2.44 bits per heavy atom. The molecule has 1 amide bonds. The van der Waals surface area contributed by atoms with Crippen molar-refractivity contribution < 1.29 is 4.79 Å². The molecule has 2 N–H and O–H groups in total. The summed E-state index contributed by atoms with van der Waals surface area (Å²) in [6.07, 6.45) is 1.19. The lowest BCUT2D eigenvalue weighted by Gasteiger charge is -2.29. The summed E-state index contributed by atoms with van der Waals surface area (Å²) in [5.74, 6) is 1.16. The number of nitrogens with zero attached hydrogens (tertiary/aromatic N) is 2. The highest BCUT2D eigenvalue weighted by atomic mass is 16.2. The number of hydrogen-bond donors (Lipinski definition) is 2. The highest BCUT2D eigenvalue weighted by molar-refractivity contribution is 5.92. The minimum absolute atomic E-state index is 0.0316. The van der Waals surface area contributed by atoms with E-state index in [1.54, 1.807) is 11.7 Å². The van der Waals surface area contributed by atoms with Gasteiger partial charge in [-0.1, -0.05) is 6.92 Å². The van der Waals surface area contributed by atoms with Gasteiger partial charge in [-0.3, -0.25) is 9.48 Å². The van der Waals surface area contributed by atoms with Gasteiger partial charge in [0.05, 0.1) is 5.69 Å². The Morgan fingerprint density at radius 3 is 3.06 bits per heavy atom. The van der Waals surface area contributed by atoms with Crippen LogP contribution in [0.15, 0.2) is 6.07 Å². The fourth-order valence-electron chi connectivity index (χ4n) is 2.46. The molecule has 1 aromatic heterocycles. The zero-order valence-electron chi connectivity index (χ0n) is 11.4. The molecule has 0 aromatic carbocycles. The molecule has 1 fully saturated rings. The summed E-state index contributed by atoms with van der Waals surface area (Å²) in [7, 11) is 1.80. The van der Waals surface area contributed by atoms with Crippen LogP contribution in [0.5, 0.6) is 0 Å². The van der Waals surface area contributed by atoms with E-state index >= 15 is 0 Å². The number of carbonyl (C=O) groups is 1. The van der Waals surface area contributed by atoms with Crippen molar-refractivity contribution in [1.29, 1.82) is 0 Å². The average molecular weight is 250 g/mol. The predicted molar refractivity (Wildman–Crippen MR) is 70.4 cm³/mol. The lowest BCUT2D eigenvalue weighted by atomic mass is 9.88. The Morgan fingerprint density at radius 1 is 1.67 bits per heavy atom. The quantitative estimate of drug-likeness (QED) is 0.830. The molecule has 1 aliphatic heterocycles. The molecule has 5 heteroatoms. The third-order valence-corrected chi connectivity index (χ3v) is 3.75. The van der Waals surface area contributed by atoms with Crippen molar-refractivity contribution in [3.63, 3.8) is 0 Å². The summed E-state index contributed by atoms with van der Waals surface area (Å²) in [4.78, 5) is 12.0. The fourth-order valence-corrected chi connectivity index (χ4v) is 2.46. The minimum atomic E-state index is -0.0316. The van der Waals surface area contributed by atoms with Gasteiger partial charge in [-0.2, -0.15) is 5.10 Å². The van der Waals surface area contributed by atoms with Crippen molar-refractivity contribution in [2.24, 2.45) is 18.9 Å². The fraction of sp³-hybridized carbons (Fsp3) is 0.692. The SMILES string of the molecule is Cc1cc(C(=O)NCC2CNCCC2C)n(C)n1. The minimum Gasteiger partial charge on any atom is -0.350 e. The number of aromatic nitrogens is 2. The Kier molecular flexibility index (Phi) is 4.01. The van der Waals surface area contributed by atoms with Crippen molar-refractivity contribution in [2.45, 2.75) is 20.3 Å². The van der Waals surface area contributed by atoms with Crippen molar-refractivity contribution in [1.82, 2.24) is 20.4 Å². The van der Waals surface area contributed by atoms with Crippen molar-refractivity contribution in [2.75, 3.05) is 19.6 Å². The smallest absolute Gasteiger partial charge is 0.269 e. The largest absolute Gasteiger partial charge is 0.350 e. The number of hydrogen-bond acceptors (Lipinski definition) is 3. The molecule has 0 radical (unpaired) electrons. The molecule has 0 saturated carbocycles. The highest BCUT2D eigenvalue weighted by Crippen LogP contribution is 2.17. The maximum Gasteiger partial charge on any atom is 0.269 e. The molecule has 2 heterocycles. The number of carbonyl (C=O) groups excluding carboxylic acids is 1. The van der Waals surface area contributed by atoms with E-state index in [1.807, 2.05) is 13.0 Å². The summed E-state index contributed by atoms with van der Waals surface area (Å²) in [5, 5.41) is 10.6. The number of rotatable bonds is 3. The van der Waals surface area contributed by atoms with Gasteiger partial charge in [-0.25, -0.2) is 0 Å². The second kappa shape index (κ2) is 5.52.